The molecule has 2 saturated carbocycles. The summed E-state index contributed by atoms with van der Waals surface area (Å²) >= 11 is 1.98. The molecule has 2 rings (SSSR count). The number of nitrogens with one attached hydrogen (secondary N) is 1. The summed E-state index contributed by atoms with van der Waals surface area (Å²) in [6.45, 7) is 11.0. The Morgan fingerprint density at radius 1 is 1.35 bits per heavy atom. The molecule has 4 unspecified atom stereocenters. The van der Waals surface area contributed by atoms with Gasteiger partial charge < -0.3 is 5.32 Å². The summed E-state index contributed by atoms with van der Waals surface area (Å²) in [5, 5.41) is 4.65. The molecule has 0 aromatic heterocycles. The van der Waals surface area contributed by atoms with Gasteiger partial charge in [-0.15, -0.1) is 0 Å². The van der Waals surface area contributed by atoms with E-state index < -0.39 is 0 Å². The number of rotatable bonds is 5. The van der Waals surface area contributed by atoms with Crippen molar-refractivity contribution >= 4 is 11.8 Å². The van der Waals surface area contributed by atoms with Crippen LogP contribution in [0.25, 0.3) is 0 Å². The van der Waals surface area contributed by atoms with Crippen molar-refractivity contribution in [2.24, 2.45) is 16.7 Å². The lowest BCUT2D eigenvalue weighted by molar-refractivity contribution is 0.121. The molecule has 0 aromatic carbocycles. The Bertz CT molecular complexity index is 276. The van der Waals surface area contributed by atoms with Gasteiger partial charge in [0.25, 0.3) is 0 Å². The van der Waals surface area contributed by atoms with E-state index in [1.807, 2.05) is 11.8 Å². The first kappa shape index (κ1) is 13.7. The van der Waals surface area contributed by atoms with Crippen LogP contribution in [0.4, 0.5) is 0 Å². The first-order chi connectivity index (χ1) is 7.91. The lowest BCUT2D eigenvalue weighted by Crippen LogP contribution is -2.45. The fourth-order valence-corrected chi connectivity index (χ4v) is 4.44. The second-order valence-electron chi connectivity index (χ2n) is 6.95. The molecule has 1 N–H and O–H groups in total. The Kier molecular flexibility index (Phi) is 3.85. The molecule has 1 nitrogen and oxygen atoms in total. The van der Waals surface area contributed by atoms with Gasteiger partial charge in [0.2, 0.25) is 0 Å². The third kappa shape index (κ3) is 2.16. The zero-order chi connectivity index (χ0) is 12.7. The minimum Gasteiger partial charge on any atom is -0.313 e. The smallest absolute Gasteiger partial charge is 0.0129 e. The number of thioether (sulfide) groups is 1. The molecule has 2 heteroatoms. The molecule has 0 aliphatic heterocycles. The van der Waals surface area contributed by atoms with E-state index in [1.165, 1.54) is 32.2 Å². The van der Waals surface area contributed by atoms with Crippen LogP contribution in [-0.2, 0) is 0 Å². The van der Waals surface area contributed by atoms with Gasteiger partial charge in [0.05, 0.1) is 0 Å². The SMILES string of the molecule is CSC(C)CCNC1CC2CCC1(C)C2(C)C. The van der Waals surface area contributed by atoms with Gasteiger partial charge in [0.1, 0.15) is 0 Å². The van der Waals surface area contributed by atoms with Crippen LogP contribution in [0.1, 0.15) is 53.4 Å². The van der Waals surface area contributed by atoms with Crippen molar-refractivity contribution < 1.29 is 0 Å². The van der Waals surface area contributed by atoms with Crippen LogP contribution in [0.2, 0.25) is 0 Å². The van der Waals surface area contributed by atoms with Crippen LogP contribution >= 0.6 is 11.8 Å². The van der Waals surface area contributed by atoms with Gasteiger partial charge in [-0.25, -0.2) is 0 Å². The molecule has 4 atom stereocenters. The molecule has 17 heavy (non-hydrogen) atoms. The van der Waals surface area contributed by atoms with Gasteiger partial charge in [0.15, 0.2) is 0 Å². The number of hydrogen-bond acceptors (Lipinski definition) is 2. The largest absolute Gasteiger partial charge is 0.313 e. The second kappa shape index (κ2) is 4.77. The third-order valence-corrected chi connectivity index (χ3v) is 7.18. The van der Waals surface area contributed by atoms with Crippen molar-refractivity contribution in [2.45, 2.75) is 64.7 Å². The molecule has 2 aliphatic carbocycles. The molecular weight excluding hydrogens is 226 g/mol. The molecule has 0 heterocycles. The number of fused-ring (bicyclic) bond motifs is 2. The summed E-state index contributed by atoms with van der Waals surface area (Å²) in [5.41, 5.74) is 1.09. The molecule has 0 aromatic rings. The lowest BCUT2D eigenvalue weighted by Gasteiger charge is -2.39. The monoisotopic (exact) mass is 255 g/mol. The van der Waals surface area contributed by atoms with E-state index in [4.69, 9.17) is 0 Å². The summed E-state index contributed by atoms with van der Waals surface area (Å²) in [6, 6.07) is 0.769. The first-order valence-corrected chi connectivity index (χ1v) is 8.47. The normalized spacial score (nSPS) is 40.8. The zero-order valence-corrected chi connectivity index (χ0v) is 13.0. The fraction of sp³-hybridized carbons (Fsp3) is 1.00. The quantitative estimate of drug-likeness (QED) is 0.799. The Morgan fingerprint density at radius 3 is 2.53 bits per heavy atom. The fourth-order valence-electron chi connectivity index (χ4n) is 4.09. The van der Waals surface area contributed by atoms with Crippen molar-refractivity contribution in [3.05, 3.63) is 0 Å². The van der Waals surface area contributed by atoms with Crippen LogP contribution in [0.5, 0.6) is 0 Å². The minimum atomic E-state index is 0.542. The van der Waals surface area contributed by atoms with Crippen LogP contribution < -0.4 is 5.32 Å². The molecule has 2 fully saturated rings. The minimum absolute atomic E-state index is 0.542. The highest BCUT2D eigenvalue weighted by Crippen LogP contribution is 2.65. The van der Waals surface area contributed by atoms with Crippen molar-refractivity contribution in [1.29, 1.82) is 0 Å². The van der Waals surface area contributed by atoms with Crippen LogP contribution in [-0.4, -0.2) is 24.1 Å². The molecule has 100 valence electrons. The van der Waals surface area contributed by atoms with Crippen molar-refractivity contribution in [3.8, 4) is 0 Å². The summed E-state index contributed by atoms with van der Waals surface area (Å²) in [6.07, 6.45) is 7.83. The maximum Gasteiger partial charge on any atom is 0.0129 e. The number of hydrogen-bond donors (Lipinski definition) is 1. The van der Waals surface area contributed by atoms with Gasteiger partial charge in [0, 0.05) is 11.3 Å². The summed E-state index contributed by atoms with van der Waals surface area (Å²) in [4.78, 5) is 0. The standard InChI is InChI=1S/C15H29NS/c1-11(17-5)7-9-16-13-10-12-6-8-15(13,4)14(12,2)3/h11-13,16H,6-10H2,1-5H3. The van der Waals surface area contributed by atoms with E-state index in [-0.39, 0.29) is 0 Å². The van der Waals surface area contributed by atoms with E-state index in [0.717, 1.165) is 17.2 Å². The molecule has 0 spiro atoms. The summed E-state index contributed by atoms with van der Waals surface area (Å²) < 4.78 is 0. The van der Waals surface area contributed by atoms with E-state index in [0.29, 0.717) is 10.8 Å². The predicted octanol–water partition coefficient (Wildman–Crippen LogP) is 3.93. The van der Waals surface area contributed by atoms with Crippen molar-refractivity contribution in [3.63, 3.8) is 0 Å². The Balaban J connectivity index is 1.88. The van der Waals surface area contributed by atoms with Crippen molar-refractivity contribution in [1.82, 2.24) is 5.32 Å². The van der Waals surface area contributed by atoms with Crippen LogP contribution in [0.3, 0.4) is 0 Å². The summed E-state index contributed by atoms with van der Waals surface area (Å²) in [7, 11) is 0. The highest BCUT2D eigenvalue weighted by molar-refractivity contribution is 7.99. The topological polar surface area (TPSA) is 12.0 Å². The summed E-state index contributed by atoms with van der Waals surface area (Å²) in [5.74, 6) is 0.961. The van der Waals surface area contributed by atoms with Crippen molar-refractivity contribution in [2.75, 3.05) is 12.8 Å². The van der Waals surface area contributed by atoms with Crippen LogP contribution in [0.15, 0.2) is 0 Å². The van der Waals surface area contributed by atoms with Gasteiger partial charge in [-0.05, 0) is 55.2 Å². The maximum absolute atomic E-state index is 3.86. The van der Waals surface area contributed by atoms with Crippen LogP contribution in [0, 0.1) is 16.7 Å². The van der Waals surface area contributed by atoms with Gasteiger partial charge in [-0.1, -0.05) is 27.7 Å². The predicted molar refractivity (Wildman–Crippen MR) is 78.6 cm³/mol. The van der Waals surface area contributed by atoms with Gasteiger partial charge in [-0.3, -0.25) is 0 Å². The van der Waals surface area contributed by atoms with E-state index in [1.54, 1.807) is 0 Å². The third-order valence-electron chi connectivity index (χ3n) is 6.14. The Hall–Kier alpha value is 0.310. The molecule has 0 saturated heterocycles. The Labute approximate surface area is 112 Å². The maximum atomic E-state index is 3.86. The average Bonchev–Trinajstić information content (AvgIpc) is 2.61. The molecular formula is C15H29NS. The molecule has 2 aliphatic rings. The molecule has 2 bridgehead atoms. The second-order valence-corrected chi connectivity index (χ2v) is 8.23. The first-order valence-electron chi connectivity index (χ1n) is 7.18. The van der Waals surface area contributed by atoms with E-state index >= 15 is 0 Å². The van der Waals surface area contributed by atoms with Gasteiger partial charge in [-0.2, -0.15) is 11.8 Å². The molecule has 0 radical (unpaired) electrons. The Morgan fingerprint density at radius 2 is 2.06 bits per heavy atom. The highest BCUT2D eigenvalue weighted by Gasteiger charge is 2.60. The van der Waals surface area contributed by atoms with E-state index in [2.05, 4.69) is 39.3 Å². The lowest BCUT2D eigenvalue weighted by atomic mass is 9.69. The van der Waals surface area contributed by atoms with Gasteiger partial charge >= 0.3 is 0 Å². The average molecular weight is 255 g/mol. The van der Waals surface area contributed by atoms with E-state index in [9.17, 15) is 0 Å². The zero-order valence-electron chi connectivity index (χ0n) is 12.2. The highest BCUT2D eigenvalue weighted by atomic mass is 32.2. The molecule has 0 amide bonds.